The van der Waals surface area contributed by atoms with Crippen LogP contribution in [0, 0.1) is 34.0 Å². The fraction of sp³-hybridized carbons (Fsp3) is 0.750. The van der Waals surface area contributed by atoms with E-state index < -0.39 is 51.9 Å². The van der Waals surface area contributed by atoms with Crippen LogP contribution in [0.15, 0.2) is 24.0 Å². The summed E-state index contributed by atoms with van der Waals surface area (Å²) in [6.45, 7) is 11.8. The Hall–Kier alpha value is -1.54. The summed E-state index contributed by atoms with van der Waals surface area (Å²) in [6.07, 6.45) is 1.42. The maximum absolute atomic E-state index is 14.0. The first-order chi connectivity index (χ1) is 14.4. The van der Waals surface area contributed by atoms with Crippen molar-refractivity contribution < 1.29 is 33.6 Å². The van der Waals surface area contributed by atoms with E-state index in [1.54, 1.807) is 13.8 Å². The minimum absolute atomic E-state index is 0.0807. The monoisotopic (exact) mass is 430 g/mol. The predicted octanol–water partition coefficient (Wildman–Crippen LogP) is 2.13. The van der Waals surface area contributed by atoms with E-state index in [9.17, 15) is 14.7 Å². The summed E-state index contributed by atoms with van der Waals surface area (Å²) < 4.78 is 24.7. The van der Waals surface area contributed by atoms with Gasteiger partial charge < -0.3 is 24.1 Å². The van der Waals surface area contributed by atoms with Crippen molar-refractivity contribution in [1.82, 2.24) is 0 Å². The van der Waals surface area contributed by atoms with Gasteiger partial charge in [-0.3, -0.25) is 9.59 Å². The van der Waals surface area contributed by atoms with E-state index in [0.717, 1.165) is 0 Å². The maximum Gasteiger partial charge on any atom is 0.213 e. The number of methoxy groups -OCH3 is 1. The molecule has 168 valence electrons. The molecule has 0 aromatic carbocycles. The van der Waals surface area contributed by atoms with Crippen LogP contribution in [-0.2, 0) is 28.5 Å². The topological polar surface area (TPSA) is 91.3 Å². The smallest absolute Gasteiger partial charge is 0.213 e. The van der Waals surface area contributed by atoms with Crippen molar-refractivity contribution in [3.63, 3.8) is 0 Å². The molecule has 0 radical (unpaired) electrons. The molecular weight excluding hydrogens is 400 g/mol. The number of hydrogen-bond acceptors (Lipinski definition) is 7. The highest BCUT2D eigenvalue weighted by atomic mass is 16.8. The van der Waals surface area contributed by atoms with E-state index in [1.807, 2.05) is 19.9 Å². The van der Waals surface area contributed by atoms with Crippen LogP contribution in [0.25, 0.3) is 0 Å². The Labute approximate surface area is 181 Å². The van der Waals surface area contributed by atoms with Gasteiger partial charge >= 0.3 is 0 Å². The summed E-state index contributed by atoms with van der Waals surface area (Å²) in [5.74, 6) is -3.80. The SMILES string of the molecule is C=C1C(=O)[C@@]23[C@@H]4OC(C)(C)O[C@@]25OC[C@]2(C(=O)C(OC)=CC(C)(C)[C@H]2[C@@H]5O)[C@@H]3CC[C@@H]14. The van der Waals surface area contributed by atoms with Gasteiger partial charge in [-0.05, 0) is 49.7 Å². The van der Waals surface area contributed by atoms with Crippen molar-refractivity contribution in [2.24, 2.45) is 34.0 Å². The molecule has 8 atom stereocenters. The van der Waals surface area contributed by atoms with E-state index in [0.29, 0.717) is 18.4 Å². The standard InChI is InChI=1S/C24H30O7/c1-11-12-7-8-14-22-10-29-24(23(14,16(11)25)19(12)30-21(4,5)31-24)18(27)15(22)20(2,3)9-13(28-6)17(22)26/h9,12,14-15,18-19,27H,1,7-8,10H2,2-6H3/t12-,14-,15+,18-,19+,22-,23-,24+/m0/s1. The fourth-order valence-corrected chi connectivity index (χ4v) is 8.52. The number of Topliss-reactive ketones (excluding diaryl/α,β-unsaturated/α-hetero) is 2. The van der Waals surface area contributed by atoms with Crippen LogP contribution < -0.4 is 0 Å². The van der Waals surface area contributed by atoms with Crippen molar-refractivity contribution in [3.05, 3.63) is 24.0 Å². The molecule has 1 N–H and O–H groups in total. The third kappa shape index (κ3) is 1.79. The minimum Gasteiger partial charge on any atom is -0.493 e. The molecule has 3 spiro atoms. The lowest BCUT2D eigenvalue weighted by atomic mass is 9.36. The van der Waals surface area contributed by atoms with Crippen LogP contribution in [0.5, 0.6) is 0 Å². The van der Waals surface area contributed by atoms with Crippen LogP contribution in [0.2, 0.25) is 0 Å². The van der Waals surface area contributed by atoms with Gasteiger partial charge in [0.15, 0.2) is 17.3 Å². The van der Waals surface area contributed by atoms with Crippen molar-refractivity contribution in [2.45, 2.75) is 64.3 Å². The molecule has 7 aliphatic rings. The summed E-state index contributed by atoms with van der Waals surface area (Å²) >= 11 is 0. The van der Waals surface area contributed by atoms with E-state index in [4.69, 9.17) is 18.9 Å². The second-order valence-electron chi connectivity index (χ2n) is 11.3. The third-order valence-electron chi connectivity index (χ3n) is 9.21. The molecule has 6 fully saturated rings. The number of aliphatic hydroxyl groups is 1. The van der Waals surface area contributed by atoms with Gasteiger partial charge in [0, 0.05) is 11.8 Å². The normalized spacial score (nSPS) is 53.0. The van der Waals surface area contributed by atoms with Gasteiger partial charge in [-0.25, -0.2) is 0 Å². The Morgan fingerprint density at radius 2 is 1.87 bits per heavy atom. The Balaban J connectivity index is 1.70. The molecule has 0 aromatic rings. The highest BCUT2D eigenvalue weighted by molar-refractivity contribution is 6.08. The van der Waals surface area contributed by atoms with E-state index in [-0.39, 0.29) is 29.9 Å². The highest BCUT2D eigenvalue weighted by Gasteiger charge is 2.90. The minimum atomic E-state index is -1.58. The van der Waals surface area contributed by atoms with Gasteiger partial charge in [0.25, 0.3) is 0 Å². The number of fused-ring (bicyclic) bond motifs is 1. The van der Waals surface area contributed by atoms with Crippen LogP contribution >= 0.6 is 0 Å². The number of ketones is 2. The zero-order valence-electron chi connectivity index (χ0n) is 18.7. The number of ether oxygens (including phenoxy) is 4. The number of carbonyl (C=O) groups is 2. The number of rotatable bonds is 1. The average molecular weight is 430 g/mol. The first kappa shape index (κ1) is 20.1. The molecule has 0 aromatic heterocycles. The van der Waals surface area contributed by atoms with Gasteiger partial charge in [0.05, 0.1) is 25.2 Å². The summed E-state index contributed by atoms with van der Waals surface area (Å²) in [4.78, 5) is 27.9. The number of hydrogen-bond donors (Lipinski definition) is 1. The molecule has 4 aliphatic carbocycles. The summed E-state index contributed by atoms with van der Waals surface area (Å²) in [6, 6.07) is 0. The molecule has 3 heterocycles. The van der Waals surface area contributed by atoms with Crippen molar-refractivity contribution in [1.29, 1.82) is 0 Å². The number of aliphatic hydroxyl groups excluding tert-OH is 1. The quantitative estimate of drug-likeness (QED) is 0.637. The molecule has 7 nitrogen and oxygen atoms in total. The summed E-state index contributed by atoms with van der Waals surface area (Å²) in [7, 11) is 1.49. The number of allylic oxidation sites excluding steroid dienone is 2. The van der Waals surface area contributed by atoms with Gasteiger partial charge in [-0.15, -0.1) is 0 Å². The second-order valence-corrected chi connectivity index (χ2v) is 11.3. The third-order valence-corrected chi connectivity index (χ3v) is 9.21. The van der Waals surface area contributed by atoms with Crippen molar-refractivity contribution in [3.8, 4) is 0 Å². The zero-order valence-corrected chi connectivity index (χ0v) is 18.7. The first-order valence-corrected chi connectivity index (χ1v) is 11.2. The Bertz CT molecular complexity index is 978. The molecule has 3 aliphatic heterocycles. The second kappa shape index (κ2) is 5.33. The van der Waals surface area contributed by atoms with E-state index in [1.165, 1.54) is 7.11 Å². The van der Waals surface area contributed by atoms with Gasteiger partial charge in [0.1, 0.15) is 11.5 Å². The lowest BCUT2D eigenvalue weighted by molar-refractivity contribution is -0.522. The molecule has 7 rings (SSSR count). The van der Waals surface area contributed by atoms with E-state index >= 15 is 0 Å². The van der Waals surface area contributed by atoms with Gasteiger partial charge in [-0.1, -0.05) is 20.4 Å². The fourth-order valence-electron chi connectivity index (χ4n) is 8.52. The van der Waals surface area contributed by atoms with Crippen molar-refractivity contribution in [2.75, 3.05) is 13.7 Å². The summed E-state index contributed by atoms with van der Waals surface area (Å²) in [5, 5.41) is 12.0. The molecule has 3 saturated heterocycles. The Morgan fingerprint density at radius 1 is 1.16 bits per heavy atom. The molecule has 7 heteroatoms. The molecule has 0 amide bonds. The van der Waals surface area contributed by atoms with Crippen LogP contribution in [0.1, 0.15) is 40.5 Å². The van der Waals surface area contributed by atoms with Gasteiger partial charge in [-0.2, -0.15) is 0 Å². The molecule has 3 saturated carbocycles. The predicted molar refractivity (Wildman–Crippen MR) is 107 cm³/mol. The van der Waals surface area contributed by atoms with E-state index in [2.05, 4.69) is 6.58 Å². The highest BCUT2D eigenvalue weighted by Crippen LogP contribution is 2.78. The molecule has 0 unspecified atom stereocenters. The Kier molecular flexibility index (Phi) is 3.45. The van der Waals surface area contributed by atoms with Crippen molar-refractivity contribution >= 4 is 11.6 Å². The number of carbonyl (C=O) groups excluding carboxylic acids is 2. The molecular formula is C24H30O7. The summed E-state index contributed by atoms with van der Waals surface area (Å²) in [5.41, 5.74) is -2.47. The Morgan fingerprint density at radius 3 is 2.55 bits per heavy atom. The molecule has 31 heavy (non-hydrogen) atoms. The largest absolute Gasteiger partial charge is 0.493 e. The maximum atomic E-state index is 14.0. The van der Waals surface area contributed by atoms with Crippen LogP contribution in [0.3, 0.4) is 0 Å². The zero-order chi connectivity index (χ0) is 22.4. The van der Waals surface area contributed by atoms with Gasteiger partial charge in [0.2, 0.25) is 11.6 Å². The van der Waals surface area contributed by atoms with Crippen LogP contribution in [0.4, 0.5) is 0 Å². The van der Waals surface area contributed by atoms with Crippen LogP contribution in [-0.4, -0.2) is 54.2 Å². The lowest BCUT2D eigenvalue weighted by Crippen LogP contribution is -2.88. The average Bonchev–Trinajstić information content (AvgIpc) is 2.80. The lowest BCUT2D eigenvalue weighted by Gasteiger charge is -2.75. The molecule has 4 bridgehead atoms. The first-order valence-electron chi connectivity index (χ1n) is 11.2.